The summed E-state index contributed by atoms with van der Waals surface area (Å²) in [5.74, 6) is -2.19. The molecule has 0 aliphatic carbocycles. The number of benzene rings is 3. The molecule has 1 aliphatic rings. The van der Waals surface area contributed by atoms with Gasteiger partial charge in [0.05, 0.1) is 28.3 Å². The minimum atomic E-state index is -1.41. The Morgan fingerprint density at radius 1 is 0.795 bits per heavy atom. The number of hydrogen-bond donors (Lipinski definition) is 1. The maximum atomic E-state index is 13.3. The number of carbonyl (C=O) groups is 3. The van der Waals surface area contributed by atoms with Crippen molar-refractivity contribution in [1.82, 2.24) is 19.7 Å². The number of rotatable bonds is 8. The van der Waals surface area contributed by atoms with Crippen LogP contribution in [0.1, 0.15) is 37.3 Å². The van der Waals surface area contributed by atoms with E-state index in [0.717, 1.165) is 4.57 Å². The first-order valence-electron chi connectivity index (χ1n) is 13.4. The third-order valence-corrected chi connectivity index (χ3v) is 7.20. The number of nitrogens with one attached hydrogen (secondary N) is 1. The number of ether oxygens (including phenoxy) is 4. The third-order valence-electron chi connectivity index (χ3n) is 6.92. The minimum absolute atomic E-state index is 0.105. The standard InChI is InChI=1S/C31H23ClN4O8/c32-25-21-16-33-35-26(21)36(31(40)34-25)27-24(44-30(39)20-14-8-3-9-15-20)23(43-29(38)19-12-6-2-7-13-19)22(42-27)17-41-28(37)18-10-4-1-5-11-18/h1-16,22-24,27H,17H2,(H,33,35)/t22-,23-,24-,27-/m1/s1. The van der Waals surface area contributed by atoms with Gasteiger partial charge in [-0.15, -0.1) is 0 Å². The topological polar surface area (TPSA) is 152 Å². The Hall–Kier alpha value is -5.33. The second-order valence-corrected chi connectivity index (χ2v) is 10.0. The summed E-state index contributed by atoms with van der Waals surface area (Å²) in [6.07, 6.45) is -3.98. The maximum absolute atomic E-state index is 13.3. The summed E-state index contributed by atoms with van der Waals surface area (Å²) in [6.45, 7) is -0.418. The van der Waals surface area contributed by atoms with E-state index in [1.807, 2.05) is 0 Å². The highest BCUT2D eigenvalue weighted by molar-refractivity contribution is 6.33. The van der Waals surface area contributed by atoms with Crippen LogP contribution in [-0.2, 0) is 18.9 Å². The van der Waals surface area contributed by atoms with Crippen LogP contribution in [0.25, 0.3) is 11.0 Å². The Morgan fingerprint density at radius 3 is 1.89 bits per heavy atom. The van der Waals surface area contributed by atoms with Gasteiger partial charge in [0.1, 0.15) is 23.5 Å². The van der Waals surface area contributed by atoms with Crippen molar-refractivity contribution in [2.75, 3.05) is 6.61 Å². The van der Waals surface area contributed by atoms with Gasteiger partial charge < -0.3 is 18.9 Å². The van der Waals surface area contributed by atoms with E-state index >= 15 is 0 Å². The van der Waals surface area contributed by atoms with Crippen LogP contribution in [0.5, 0.6) is 0 Å². The summed E-state index contributed by atoms with van der Waals surface area (Å²) in [5, 5.41) is 6.84. The van der Waals surface area contributed by atoms with Gasteiger partial charge in [0, 0.05) is 0 Å². The van der Waals surface area contributed by atoms with Crippen LogP contribution >= 0.6 is 11.6 Å². The minimum Gasteiger partial charge on any atom is -0.459 e. The SMILES string of the molecule is O=C(OC[C@H]1O[C@@H](n2c(=O)nc(Cl)c3cn[nH]c32)[C@H](OC(=O)c2ccccc2)[C@@H]1OC(=O)c1ccccc1)c1ccccc1. The summed E-state index contributed by atoms with van der Waals surface area (Å²) in [6, 6.07) is 24.5. The molecule has 1 saturated heterocycles. The molecule has 3 aromatic carbocycles. The quantitative estimate of drug-likeness (QED) is 0.154. The van der Waals surface area contributed by atoms with Gasteiger partial charge in [-0.2, -0.15) is 10.1 Å². The average Bonchev–Trinajstić information content (AvgIpc) is 3.67. The van der Waals surface area contributed by atoms with Crippen LogP contribution in [0.4, 0.5) is 0 Å². The lowest BCUT2D eigenvalue weighted by Gasteiger charge is -2.25. The monoisotopic (exact) mass is 614 g/mol. The first-order chi connectivity index (χ1) is 21.4. The second kappa shape index (κ2) is 12.5. The molecule has 5 aromatic rings. The van der Waals surface area contributed by atoms with Crippen molar-refractivity contribution in [3.63, 3.8) is 0 Å². The summed E-state index contributed by atoms with van der Waals surface area (Å²) in [5.41, 5.74) is -0.0374. The van der Waals surface area contributed by atoms with Crippen molar-refractivity contribution >= 4 is 40.5 Å². The molecule has 3 heterocycles. The molecular weight excluding hydrogens is 592 g/mol. The Morgan fingerprint density at radius 2 is 1.32 bits per heavy atom. The Bertz CT molecular complexity index is 1860. The van der Waals surface area contributed by atoms with Gasteiger partial charge in [-0.3, -0.25) is 5.10 Å². The molecule has 6 rings (SSSR count). The van der Waals surface area contributed by atoms with Gasteiger partial charge in [0.2, 0.25) is 0 Å². The highest BCUT2D eigenvalue weighted by Crippen LogP contribution is 2.36. The first-order valence-corrected chi connectivity index (χ1v) is 13.8. The zero-order valence-electron chi connectivity index (χ0n) is 22.7. The van der Waals surface area contributed by atoms with Gasteiger partial charge in [-0.1, -0.05) is 66.2 Å². The van der Waals surface area contributed by atoms with Crippen molar-refractivity contribution in [1.29, 1.82) is 0 Å². The first kappa shape index (κ1) is 28.8. The number of aromatic amines is 1. The van der Waals surface area contributed by atoms with Crippen LogP contribution in [0.2, 0.25) is 5.15 Å². The molecule has 1 aliphatic heterocycles. The van der Waals surface area contributed by atoms with Crippen molar-refractivity contribution < 1.29 is 33.3 Å². The molecule has 1 fully saturated rings. The van der Waals surface area contributed by atoms with Crippen molar-refractivity contribution in [3.8, 4) is 0 Å². The lowest BCUT2D eigenvalue weighted by atomic mass is 10.1. The van der Waals surface area contributed by atoms with Crippen LogP contribution in [0, 0.1) is 0 Å². The Kier molecular flexibility index (Phi) is 8.17. The largest absolute Gasteiger partial charge is 0.459 e. The molecule has 0 spiro atoms. The number of esters is 3. The van der Waals surface area contributed by atoms with E-state index in [4.69, 9.17) is 30.5 Å². The third kappa shape index (κ3) is 5.80. The summed E-state index contributed by atoms with van der Waals surface area (Å²) >= 11 is 6.18. The predicted molar refractivity (Wildman–Crippen MR) is 155 cm³/mol. The lowest BCUT2D eigenvalue weighted by Crippen LogP contribution is -2.42. The smallest absolute Gasteiger partial charge is 0.352 e. The van der Waals surface area contributed by atoms with Crippen LogP contribution in [0.15, 0.2) is 102 Å². The molecule has 0 unspecified atom stereocenters. The molecule has 0 amide bonds. The number of nitrogens with zero attached hydrogens (tertiary/aromatic N) is 3. The van der Waals surface area contributed by atoms with E-state index in [-0.39, 0.29) is 27.5 Å². The molecule has 4 atom stereocenters. The predicted octanol–water partition coefficient (Wildman–Crippen LogP) is 3.98. The molecule has 2 aromatic heterocycles. The molecule has 0 bridgehead atoms. The Labute approximate surface area is 254 Å². The summed E-state index contributed by atoms with van der Waals surface area (Å²) in [4.78, 5) is 56.6. The van der Waals surface area contributed by atoms with E-state index in [2.05, 4.69) is 15.2 Å². The van der Waals surface area contributed by atoms with E-state index in [1.165, 1.54) is 6.20 Å². The van der Waals surface area contributed by atoms with Crippen molar-refractivity contribution in [3.05, 3.63) is 130 Å². The van der Waals surface area contributed by atoms with Crippen molar-refractivity contribution in [2.45, 2.75) is 24.5 Å². The van der Waals surface area contributed by atoms with Crippen LogP contribution in [0.3, 0.4) is 0 Å². The number of fused-ring (bicyclic) bond motifs is 1. The fourth-order valence-corrected chi connectivity index (χ4v) is 5.02. The molecule has 12 nitrogen and oxygen atoms in total. The molecule has 1 N–H and O–H groups in total. The highest BCUT2D eigenvalue weighted by Gasteiger charge is 2.52. The van der Waals surface area contributed by atoms with Crippen molar-refractivity contribution in [2.24, 2.45) is 0 Å². The van der Waals surface area contributed by atoms with Crippen LogP contribution < -0.4 is 5.69 Å². The van der Waals surface area contributed by atoms with Gasteiger partial charge >= 0.3 is 23.6 Å². The molecule has 44 heavy (non-hydrogen) atoms. The summed E-state index contributed by atoms with van der Waals surface area (Å²) in [7, 11) is 0. The van der Waals surface area contributed by atoms with E-state index < -0.39 is 54.7 Å². The van der Waals surface area contributed by atoms with Gasteiger partial charge in [-0.25, -0.2) is 23.7 Å². The fraction of sp³-hybridized carbons (Fsp3) is 0.161. The molecule has 222 valence electrons. The molecule has 0 saturated carbocycles. The molecule has 13 heteroatoms. The maximum Gasteiger partial charge on any atom is 0.352 e. The van der Waals surface area contributed by atoms with Gasteiger partial charge in [0.25, 0.3) is 0 Å². The normalized spacial score (nSPS) is 19.4. The molecule has 0 radical (unpaired) electrons. The van der Waals surface area contributed by atoms with E-state index in [0.29, 0.717) is 5.39 Å². The zero-order valence-corrected chi connectivity index (χ0v) is 23.5. The average molecular weight is 615 g/mol. The van der Waals surface area contributed by atoms with Gasteiger partial charge in [0.15, 0.2) is 18.4 Å². The number of hydrogen-bond acceptors (Lipinski definition) is 10. The fourth-order valence-electron chi connectivity index (χ4n) is 4.81. The lowest BCUT2D eigenvalue weighted by molar-refractivity contribution is -0.0622. The number of aromatic nitrogens is 4. The van der Waals surface area contributed by atoms with E-state index in [9.17, 15) is 19.2 Å². The van der Waals surface area contributed by atoms with Crippen LogP contribution in [-0.4, -0.2) is 62.6 Å². The number of halogens is 1. The highest BCUT2D eigenvalue weighted by atomic mass is 35.5. The van der Waals surface area contributed by atoms with Gasteiger partial charge in [-0.05, 0) is 36.4 Å². The van der Waals surface area contributed by atoms with E-state index in [1.54, 1.807) is 91.0 Å². The summed E-state index contributed by atoms with van der Waals surface area (Å²) < 4.78 is 24.6. The molecular formula is C31H23ClN4O8. The second-order valence-electron chi connectivity index (χ2n) is 9.69. The number of carbonyl (C=O) groups excluding carboxylic acids is 3. The number of H-pyrrole nitrogens is 1. The Balaban J connectivity index is 1.41. The zero-order chi connectivity index (χ0) is 30.6.